The average molecular weight is 589 g/mol. The predicted molar refractivity (Wildman–Crippen MR) is 150 cm³/mol. The molecule has 0 bridgehead atoms. The van der Waals surface area contributed by atoms with E-state index in [9.17, 15) is 28.1 Å². The molecule has 41 heavy (non-hydrogen) atoms. The van der Waals surface area contributed by atoms with Crippen LogP contribution in [0.25, 0.3) is 0 Å². The lowest BCUT2D eigenvalue weighted by atomic mass is 10.1. The lowest BCUT2D eigenvalue weighted by Crippen LogP contribution is -2.56. The highest BCUT2D eigenvalue weighted by molar-refractivity contribution is 7.89. The van der Waals surface area contributed by atoms with Gasteiger partial charge in [0.25, 0.3) is 0 Å². The number of nitrogens with one attached hydrogen (secondary N) is 2. The van der Waals surface area contributed by atoms with Crippen LogP contribution in [0.1, 0.15) is 64.1 Å². The van der Waals surface area contributed by atoms with Gasteiger partial charge in [0.1, 0.15) is 24.0 Å². The Morgan fingerprint density at radius 2 is 2.00 bits per heavy atom. The van der Waals surface area contributed by atoms with E-state index in [1.807, 2.05) is 11.8 Å². The van der Waals surface area contributed by atoms with Gasteiger partial charge in [-0.05, 0) is 75.6 Å². The van der Waals surface area contributed by atoms with Crippen molar-refractivity contribution in [3.8, 4) is 6.07 Å². The van der Waals surface area contributed by atoms with E-state index < -0.39 is 39.8 Å². The summed E-state index contributed by atoms with van der Waals surface area (Å²) >= 11 is 0. The molecule has 5 unspecified atom stereocenters. The van der Waals surface area contributed by atoms with Crippen LogP contribution in [-0.4, -0.2) is 85.9 Å². The Labute approximate surface area is 241 Å². The summed E-state index contributed by atoms with van der Waals surface area (Å²) in [6, 6.07) is 4.96. The number of ether oxygens (including phenoxy) is 1. The van der Waals surface area contributed by atoms with Crippen molar-refractivity contribution in [2.45, 2.75) is 94.1 Å². The van der Waals surface area contributed by atoms with E-state index in [0.717, 1.165) is 23.8 Å². The molecule has 0 aromatic heterocycles. The van der Waals surface area contributed by atoms with E-state index in [0.29, 0.717) is 32.4 Å². The highest BCUT2D eigenvalue weighted by Crippen LogP contribution is 2.34. The summed E-state index contributed by atoms with van der Waals surface area (Å²) in [6.45, 7) is 8.13. The van der Waals surface area contributed by atoms with E-state index in [2.05, 4.69) is 16.7 Å². The van der Waals surface area contributed by atoms with Crippen LogP contribution in [0.15, 0.2) is 23.1 Å². The standard InChI is InChI=1S/C28H40N6O6S/c1-17-9-20(12-29)34(13-17)26(36)25(32-27(37)40-28(2,3)4)15-33-14-19(11-21(33)16-35)31-24-8-5-18-10-22(41(30,38)39)6-7-23(18)24/h6-7,10,16-17,19-21,24-25,31H,5,8-9,11,13-15H2,1-4H3,(H,32,37)(H2,30,38,39)/t17?,19-,20?,21?,24?,25?/m0/s1. The number of hydrogen-bond acceptors (Lipinski definition) is 9. The summed E-state index contributed by atoms with van der Waals surface area (Å²) in [7, 11) is -3.79. The second kappa shape index (κ2) is 12.1. The lowest BCUT2D eigenvalue weighted by molar-refractivity contribution is -0.134. The number of rotatable bonds is 8. The summed E-state index contributed by atoms with van der Waals surface area (Å²) in [5.41, 5.74) is 1.16. The van der Waals surface area contributed by atoms with Crippen molar-refractivity contribution in [3.05, 3.63) is 29.3 Å². The van der Waals surface area contributed by atoms with Crippen LogP contribution in [0.4, 0.5) is 4.79 Å². The van der Waals surface area contributed by atoms with E-state index >= 15 is 0 Å². The number of sulfonamides is 1. The summed E-state index contributed by atoms with van der Waals surface area (Å²) < 4.78 is 28.9. The van der Waals surface area contributed by atoms with Crippen LogP contribution in [0.2, 0.25) is 0 Å². The van der Waals surface area contributed by atoms with Crippen LogP contribution in [0, 0.1) is 17.2 Å². The Morgan fingerprint density at radius 3 is 2.63 bits per heavy atom. The Morgan fingerprint density at radius 1 is 1.27 bits per heavy atom. The molecule has 0 spiro atoms. The topological polar surface area (TPSA) is 175 Å². The zero-order chi connectivity index (χ0) is 30.1. The molecular weight excluding hydrogens is 548 g/mol. The van der Waals surface area contributed by atoms with Crippen molar-refractivity contribution < 1.29 is 27.5 Å². The number of nitrogens with zero attached hydrogens (tertiary/aromatic N) is 3. The molecule has 1 aromatic rings. The molecule has 0 saturated carbocycles. The third kappa shape index (κ3) is 7.43. The number of aryl methyl sites for hydroxylation is 1. The molecule has 3 aliphatic rings. The van der Waals surface area contributed by atoms with Gasteiger partial charge in [-0.25, -0.2) is 18.4 Å². The maximum atomic E-state index is 13.7. The third-order valence-electron chi connectivity index (χ3n) is 7.91. The number of fused-ring (bicyclic) bond motifs is 1. The molecule has 6 atom stereocenters. The number of amides is 2. The Hall–Kier alpha value is -3.05. The number of carbonyl (C=O) groups excluding carboxylic acids is 3. The molecule has 13 heteroatoms. The van der Waals surface area contributed by atoms with Gasteiger partial charge in [0.05, 0.1) is 17.0 Å². The fraction of sp³-hybridized carbons (Fsp3) is 0.643. The van der Waals surface area contributed by atoms with Gasteiger partial charge in [0.15, 0.2) is 0 Å². The van der Waals surface area contributed by atoms with Crippen molar-refractivity contribution in [1.82, 2.24) is 20.4 Å². The van der Waals surface area contributed by atoms with E-state index in [1.54, 1.807) is 32.9 Å². The number of likely N-dealkylation sites (tertiary alicyclic amines) is 2. The largest absolute Gasteiger partial charge is 0.444 e. The van der Waals surface area contributed by atoms with Crippen molar-refractivity contribution in [2.75, 3.05) is 19.6 Å². The smallest absolute Gasteiger partial charge is 0.408 e. The zero-order valence-corrected chi connectivity index (χ0v) is 24.8. The second-order valence-corrected chi connectivity index (χ2v) is 14.0. The highest BCUT2D eigenvalue weighted by Gasteiger charge is 2.41. The van der Waals surface area contributed by atoms with Crippen LogP contribution in [0.3, 0.4) is 0 Å². The quantitative estimate of drug-likeness (QED) is 0.377. The Bertz CT molecular complexity index is 1320. The Kier molecular flexibility index (Phi) is 9.08. The molecule has 2 aliphatic heterocycles. The van der Waals surface area contributed by atoms with Gasteiger partial charge in [0, 0.05) is 31.7 Å². The van der Waals surface area contributed by atoms with Crippen LogP contribution < -0.4 is 15.8 Å². The number of primary sulfonamides is 1. The zero-order valence-electron chi connectivity index (χ0n) is 24.0. The number of nitrogens with two attached hydrogens (primary N) is 1. The molecule has 2 saturated heterocycles. The van der Waals surface area contributed by atoms with Crippen LogP contribution in [-0.2, 0) is 30.8 Å². The Balaban J connectivity index is 1.48. The molecule has 1 aliphatic carbocycles. The summed E-state index contributed by atoms with van der Waals surface area (Å²) in [4.78, 5) is 42.0. The molecule has 224 valence electrons. The van der Waals surface area contributed by atoms with Gasteiger partial charge < -0.3 is 25.1 Å². The number of alkyl carbamates (subject to hydrolysis) is 1. The lowest BCUT2D eigenvalue weighted by Gasteiger charge is -2.31. The average Bonchev–Trinajstić information content (AvgIpc) is 3.57. The predicted octanol–water partition coefficient (Wildman–Crippen LogP) is 1.21. The first-order valence-corrected chi connectivity index (χ1v) is 15.5. The molecule has 2 fully saturated rings. The molecule has 1 aromatic carbocycles. The molecule has 2 heterocycles. The first kappa shape index (κ1) is 30.9. The molecule has 2 amide bonds. The van der Waals surface area contributed by atoms with E-state index in [1.165, 1.54) is 11.0 Å². The van der Waals surface area contributed by atoms with E-state index in [4.69, 9.17) is 9.88 Å². The number of benzene rings is 1. The van der Waals surface area contributed by atoms with E-state index in [-0.39, 0.29) is 35.3 Å². The van der Waals surface area contributed by atoms with Crippen molar-refractivity contribution in [3.63, 3.8) is 0 Å². The maximum Gasteiger partial charge on any atom is 0.408 e. The van der Waals surface area contributed by atoms with Crippen LogP contribution >= 0.6 is 0 Å². The SMILES string of the molecule is CC1CC(C#N)N(C(=O)C(CN2C[C@@H](NC3CCc4cc(S(N)(=O)=O)ccc43)CC2C=O)NC(=O)OC(C)(C)C)C1. The fourth-order valence-corrected chi connectivity index (χ4v) is 6.68. The minimum Gasteiger partial charge on any atom is -0.444 e. The minimum absolute atomic E-state index is 0.0171. The first-order chi connectivity index (χ1) is 19.2. The summed E-state index contributed by atoms with van der Waals surface area (Å²) in [5, 5.41) is 21.2. The van der Waals surface area contributed by atoms with Crippen molar-refractivity contribution in [1.29, 1.82) is 5.26 Å². The second-order valence-electron chi connectivity index (χ2n) is 12.4. The normalized spacial score (nSPS) is 27.2. The highest BCUT2D eigenvalue weighted by atomic mass is 32.2. The molecule has 12 nitrogen and oxygen atoms in total. The fourth-order valence-electron chi connectivity index (χ4n) is 6.12. The van der Waals surface area contributed by atoms with Crippen molar-refractivity contribution in [2.24, 2.45) is 11.1 Å². The van der Waals surface area contributed by atoms with Gasteiger partial charge in [-0.1, -0.05) is 13.0 Å². The molecular formula is C28H40N6O6S. The first-order valence-electron chi connectivity index (χ1n) is 14.0. The summed E-state index contributed by atoms with van der Waals surface area (Å²) in [5.74, 6) is -0.215. The molecule has 4 N–H and O–H groups in total. The third-order valence-corrected chi connectivity index (χ3v) is 8.82. The van der Waals surface area contributed by atoms with Gasteiger partial charge in [-0.2, -0.15) is 5.26 Å². The number of hydrogen-bond donors (Lipinski definition) is 3. The monoisotopic (exact) mass is 588 g/mol. The number of aldehydes is 1. The molecule has 0 radical (unpaired) electrons. The maximum absolute atomic E-state index is 13.7. The van der Waals surface area contributed by atoms with Gasteiger partial charge in [-0.15, -0.1) is 0 Å². The minimum atomic E-state index is -3.79. The number of nitriles is 1. The molecule has 4 rings (SSSR count). The number of carbonyl (C=O) groups is 3. The van der Waals surface area contributed by atoms with Gasteiger partial charge >= 0.3 is 6.09 Å². The van der Waals surface area contributed by atoms with Gasteiger partial charge in [0.2, 0.25) is 15.9 Å². The van der Waals surface area contributed by atoms with Crippen LogP contribution in [0.5, 0.6) is 0 Å². The van der Waals surface area contributed by atoms with Gasteiger partial charge in [-0.3, -0.25) is 9.69 Å². The summed E-state index contributed by atoms with van der Waals surface area (Å²) in [6.07, 6.45) is 2.67. The van der Waals surface area contributed by atoms with Crippen molar-refractivity contribution >= 4 is 28.3 Å².